The third-order valence-corrected chi connectivity index (χ3v) is 4.28. The van der Waals surface area contributed by atoms with Gasteiger partial charge in [0.1, 0.15) is 5.15 Å². The standard InChI is InChI=1S/C12H15ClN2/c1-11-6-12(7-11,15(2)8-11)9-3-4-10(13)14-5-9/h3-5H,6-8H2,1-2H3. The van der Waals surface area contributed by atoms with Crippen LogP contribution in [-0.2, 0) is 5.54 Å². The van der Waals surface area contributed by atoms with E-state index < -0.39 is 0 Å². The molecule has 3 aliphatic rings. The Morgan fingerprint density at radius 1 is 1.40 bits per heavy atom. The lowest BCUT2D eigenvalue weighted by Crippen LogP contribution is -2.44. The van der Waals surface area contributed by atoms with Gasteiger partial charge in [-0.3, -0.25) is 4.90 Å². The molecule has 1 aliphatic carbocycles. The van der Waals surface area contributed by atoms with Crippen molar-refractivity contribution in [3.05, 3.63) is 29.0 Å². The Kier molecular flexibility index (Phi) is 1.76. The van der Waals surface area contributed by atoms with Crippen LogP contribution in [0, 0.1) is 5.41 Å². The molecule has 0 aromatic carbocycles. The fraction of sp³-hybridized carbons (Fsp3) is 0.583. The van der Waals surface area contributed by atoms with E-state index in [-0.39, 0.29) is 5.54 Å². The highest BCUT2D eigenvalue weighted by atomic mass is 35.5. The van der Waals surface area contributed by atoms with Gasteiger partial charge in [-0.2, -0.15) is 0 Å². The second kappa shape index (κ2) is 2.74. The summed E-state index contributed by atoms with van der Waals surface area (Å²) in [5, 5.41) is 0.581. The summed E-state index contributed by atoms with van der Waals surface area (Å²) in [6, 6.07) is 4.02. The van der Waals surface area contributed by atoms with E-state index in [1.165, 1.54) is 24.9 Å². The van der Waals surface area contributed by atoms with Gasteiger partial charge in [0.25, 0.3) is 0 Å². The predicted molar refractivity (Wildman–Crippen MR) is 60.9 cm³/mol. The smallest absolute Gasteiger partial charge is 0.129 e. The summed E-state index contributed by atoms with van der Waals surface area (Å²) in [4.78, 5) is 6.66. The maximum Gasteiger partial charge on any atom is 0.129 e. The zero-order valence-corrected chi connectivity index (χ0v) is 9.88. The summed E-state index contributed by atoms with van der Waals surface area (Å²) in [6.45, 7) is 3.58. The average molecular weight is 223 g/mol. The first-order chi connectivity index (χ1) is 7.04. The minimum Gasteiger partial charge on any atom is -0.296 e. The summed E-state index contributed by atoms with van der Waals surface area (Å²) in [5.74, 6) is 0. The molecule has 1 aromatic rings. The molecule has 0 atom stereocenters. The molecule has 1 saturated carbocycles. The fourth-order valence-corrected chi connectivity index (χ4v) is 3.65. The Morgan fingerprint density at radius 2 is 2.13 bits per heavy atom. The molecule has 0 spiro atoms. The molecular weight excluding hydrogens is 208 g/mol. The first-order valence-corrected chi connectivity index (χ1v) is 5.75. The van der Waals surface area contributed by atoms with E-state index in [9.17, 15) is 0 Å². The zero-order valence-electron chi connectivity index (χ0n) is 9.13. The van der Waals surface area contributed by atoms with Gasteiger partial charge in [-0.05, 0) is 36.9 Å². The van der Waals surface area contributed by atoms with E-state index in [4.69, 9.17) is 11.6 Å². The van der Waals surface area contributed by atoms with Crippen molar-refractivity contribution in [1.29, 1.82) is 0 Å². The SMILES string of the molecule is CN1CC2(C)CC1(c1ccc(Cl)nc1)C2. The van der Waals surface area contributed by atoms with Crippen molar-refractivity contribution in [2.24, 2.45) is 5.41 Å². The number of hydrogen-bond donors (Lipinski definition) is 0. The van der Waals surface area contributed by atoms with E-state index in [1.54, 1.807) is 0 Å². The molecule has 3 heteroatoms. The van der Waals surface area contributed by atoms with Crippen molar-refractivity contribution in [2.75, 3.05) is 13.6 Å². The van der Waals surface area contributed by atoms with Gasteiger partial charge in [-0.15, -0.1) is 0 Å². The molecule has 3 fully saturated rings. The second-order valence-electron chi connectivity index (χ2n) is 5.42. The quantitative estimate of drug-likeness (QED) is 0.680. The topological polar surface area (TPSA) is 16.1 Å². The van der Waals surface area contributed by atoms with Crippen LogP contribution < -0.4 is 0 Å². The molecule has 2 nitrogen and oxygen atoms in total. The van der Waals surface area contributed by atoms with Gasteiger partial charge in [0.05, 0.1) is 0 Å². The van der Waals surface area contributed by atoms with E-state index >= 15 is 0 Å². The van der Waals surface area contributed by atoms with Gasteiger partial charge in [-0.1, -0.05) is 24.6 Å². The Morgan fingerprint density at radius 3 is 2.60 bits per heavy atom. The number of rotatable bonds is 1. The molecule has 1 aromatic heterocycles. The molecule has 80 valence electrons. The van der Waals surface area contributed by atoms with Gasteiger partial charge in [0, 0.05) is 18.3 Å². The lowest BCUT2D eigenvalue weighted by atomic mass is 9.61. The molecule has 4 rings (SSSR count). The second-order valence-corrected chi connectivity index (χ2v) is 5.81. The van der Waals surface area contributed by atoms with Gasteiger partial charge >= 0.3 is 0 Å². The zero-order chi connectivity index (χ0) is 10.7. The van der Waals surface area contributed by atoms with E-state index in [0.717, 1.165) is 0 Å². The minimum absolute atomic E-state index is 0.256. The van der Waals surface area contributed by atoms with Crippen molar-refractivity contribution in [3.63, 3.8) is 0 Å². The van der Waals surface area contributed by atoms with Crippen LogP contribution in [0.15, 0.2) is 18.3 Å². The highest BCUT2D eigenvalue weighted by Crippen LogP contribution is 2.63. The number of fused-ring (bicyclic) bond motifs is 1. The van der Waals surface area contributed by atoms with Crippen molar-refractivity contribution < 1.29 is 0 Å². The van der Waals surface area contributed by atoms with Gasteiger partial charge in [0.15, 0.2) is 0 Å². The number of halogens is 1. The normalized spacial score (nSPS) is 39.1. The number of hydrogen-bond acceptors (Lipinski definition) is 2. The minimum atomic E-state index is 0.256. The third-order valence-electron chi connectivity index (χ3n) is 4.05. The van der Waals surface area contributed by atoms with Crippen LogP contribution in [0.3, 0.4) is 0 Å². The molecular formula is C12H15ClN2. The maximum absolute atomic E-state index is 5.82. The summed E-state index contributed by atoms with van der Waals surface area (Å²) in [7, 11) is 2.22. The van der Waals surface area contributed by atoms with Crippen LogP contribution in [0.1, 0.15) is 25.3 Å². The molecule has 0 amide bonds. The van der Waals surface area contributed by atoms with Crippen molar-refractivity contribution >= 4 is 11.6 Å². The van der Waals surface area contributed by atoms with Crippen molar-refractivity contribution in [2.45, 2.75) is 25.3 Å². The fourth-order valence-electron chi connectivity index (χ4n) is 3.54. The monoisotopic (exact) mass is 222 g/mol. The highest BCUT2D eigenvalue weighted by molar-refractivity contribution is 6.29. The van der Waals surface area contributed by atoms with E-state index in [0.29, 0.717) is 10.6 Å². The largest absolute Gasteiger partial charge is 0.296 e. The maximum atomic E-state index is 5.82. The number of pyridine rings is 1. The molecule has 3 heterocycles. The summed E-state index contributed by atoms with van der Waals surface area (Å²) >= 11 is 5.82. The van der Waals surface area contributed by atoms with Crippen LogP contribution >= 0.6 is 11.6 Å². The van der Waals surface area contributed by atoms with E-state index in [2.05, 4.69) is 29.9 Å². The summed E-state index contributed by atoms with van der Waals surface area (Å²) in [6.07, 6.45) is 4.46. The lowest BCUT2D eigenvalue weighted by molar-refractivity contribution is 0.0819. The summed E-state index contributed by atoms with van der Waals surface area (Å²) < 4.78 is 0. The highest BCUT2D eigenvalue weighted by Gasteiger charge is 2.62. The third kappa shape index (κ3) is 1.18. The first kappa shape index (κ1) is 9.61. The van der Waals surface area contributed by atoms with Crippen LogP contribution in [0.5, 0.6) is 0 Å². The molecule has 2 aliphatic heterocycles. The Hall–Kier alpha value is -0.600. The van der Waals surface area contributed by atoms with Crippen molar-refractivity contribution in [1.82, 2.24) is 9.88 Å². The van der Waals surface area contributed by atoms with Crippen LogP contribution in [-0.4, -0.2) is 23.5 Å². The van der Waals surface area contributed by atoms with Gasteiger partial charge in [0.2, 0.25) is 0 Å². The average Bonchev–Trinajstić information content (AvgIpc) is 2.52. The Labute approximate surface area is 95.3 Å². The van der Waals surface area contributed by atoms with Crippen molar-refractivity contribution in [3.8, 4) is 0 Å². The van der Waals surface area contributed by atoms with Gasteiger partial charge < -0.3 is 0 Å². The molecule has 15 heavy (non-hydrogen) atoms. The van der Waals surface area contributed by atoms with Gasteiger partial charge in [-0.25, -0.2) is 4.98 Å². The Bertz CT molecular complexity index is 393. The molecule has 2 saturated heterocycles. The summed E-state index contributed by atoms with van der Waals surface area (Å²) in [5.41, 5.74) is 2.12. The van der Waals surface area contributed by atoms with E-state index in [1.807, 2.05) is 12.3 Å². The Balaban J connectivity index is 1.99. The van der Waals surface area contributed by atoms with Crippen LogP contribution in [0.25, 0.3) is 0 Å². The molecule has 0 N–H and O–H groups in total. The number of aromatic nitrogens is 1. The van der Waals surface area contributed by atoms with Crippen LogP contribution in [0.4, 0.5) is 0 Å². The molecule has 2 bridgehead atoms. The lowest BCUT2D eigenvalue weighted by Gasteiger charge is -2.46. The molecule has 0 radical (unpaired) electrons. The molecule has 0 unspecified atom stereocenters. The predicted octanol–water partition coefficient (Wildman–Crippen LogP) is 2.68. The van der Waals surface area contributed by atoms with Crippen LogP contribution in [0.2, 0.25) is 5.15 Å². The first-order valence-electron chi connectivity index (χ1n) is 5.37. The number of nitrogens with zero attached hydrogens (tertiary/aromatic N) is 2.